The molecule has 0 saturated heterocycles. The van der Waals surface area contributed by atoms with Crippen LogP contribution in [0.5, 0.6) is 23.0 Å². The van der Waals surface area contributed by atoms with Crippen LogP contribution in [0.4, 0.5) is 0 Å². The Morgan fingerprint density at radius 1 is 0.900 bits per heavy atom. The molecule has 0 spiro atoms. The maximum atomic E-state index is 13.7. The Morgan fingerprint density at radius 2 is 1.60 bits per heavy atom. The van der Waals surface area contributed by atoms with Crippen LogP contribution >= 0.6 is 0 Å². The average Bonchev–Trinajstić information content (AvgIpc) is 3.14. The van der Waals surface area contributed by atoms with Crippen LogP contribution in [-0.4, -0.2) is 39.2 Å². The summed E-state index contributed by atoms with van der Waals surface area (Å²) in [6.45, 7) is 2.16. The molecule has 1 aromatic heterocycles. The summed E-state index contributed by atoms with van der Waals surface area (Å²) < 4.78 is 21.6. The van der Waals surface area contributed by atoms with E-state index >= 15 is 0 Å². The van der Waals surface area contributed by atoms with Crippen LogP contribution < -0.4 is 18.9 Å². The lowest BCUT2D eigenvalue weighted by atomic mass is 9.97. The third kappa shape index (κ3) is 4.08. The second-order valence-electron chi connectivity index (χ2n) is 7.09. The lowest BCUT2D eigenvalue weighted by molar-refractivity contribution is 0.103. The molecule has 6 heteroatoms. The molecule has 0 bridgehead atoms. The smallest absolute Gasteiger partial charge is 0.203 e. The number of hydrogen-bond donors (Lipinski definition) is 1. The number of unbranched alkanes of at least 4 members (excludes halogenated alkanes) is 2. The van der Waals surface area contributed by atoms with E-state index in [4.69, 9.17) is 18.9 Å². The SMILES string of the molecule is CCCCCc1[nH]c2cc(OC)ccc2c1C(=O)c1cc(OC)c(OC)c(OC)c1. The van der Waals surface area contributed by atoms with Crippen molar-refractivity contribution in [2.75, 3.05) is 28.4 Å². The van der Waals surface area contributed by atoms with E-state index in [1.807, 2.05) is 18.2 Å². The Hall–Kier alpha value is -3.15. The van der Waals surface area contributed by atoms with Crippen LogP contribution in [0.3, 0.4) is 0 Å². The minimum Gasteiger partial charge on any atom is -0.497 e. The second-order valence-corrected chi connectivity index (χ2v) is 7.09. The first-order valence-corrected chi connectivity index (χ1v) is 10.1. The number of nitrogens with one attached hydrogen (secondary N) is 1. The largest absolute Gasteiger partial charge is 0.497 e. The number of aryl methyl sites for hydroxylation is 1. The summed E-state index contributed by atoms with van der Waals surface area (Å²) in [7, 11) is 6.26. The van der Waals surface area contributed by atoms with Gasteiger partial charge in [0.1, 0.15) is 5.75 Å². The number of fused-ring (bicyclic) bond motifs is 1. The van der Waals surface area contributed by atoms with Gasteiger partial charge in [-0.2, -0.15) is 0 Å². The van der Waals surface area contributed by atoms with Crippen LogP contribution in [0.25, 0.3) is 10.9 Å². The van der Waals surface area contributed by atoms with E-state index in [9.17, 15) is 4.79 Å². The van der Waals surface area contributed by atoms with E-state index in [0.29, 0.717) is 28.4 Å². The number of methoxy groups -OCH3 is 4. The van der Waals surface area contributed by atoms with E-state index in [2.05, 4.69) is 11.9 Å². The average molecular weight is 411 g/mol. The molecule has 160 valence electrons. The number of aromatic amines is 1. The van der Waals surface area contributed by atoms with Gasteiger partial charge < -0.3 is 23.9 Å². The van der Waals surface area contributed by atoms with Gasteiger partial charge in [0.25, 0.3) is 0 Å². The Labute approximate surface area is 177 Å². The number of H-pyrrole nitrogens is 1. The third-order valence-corrected chi connectivity index (χ3v) is 5.27. The number of aromatic nitrogens is 1. The Bertz CT molecular complexity index is 1010. The molecule has 0 amide bonds. The molecule has 0 unspecified atom stereocenters. The van der Waals surface area contributed by atoms with Gasteiger partial charge in [-0.3, -0.25) is 4.79 Å². The van der Waals surface area contributed by atoms with Crippen molar-refractivity contribution in [3.8, 4) is 23.0 Å². The van der Waals surface area contributed by atoms with Crippen molar-refractivity contribution < 1.29 is 23.7 Å². The Kier molecular flexibility index (Phi) is 6.87. The fraction of sp³-hybridized carbons (Fsp3) is 0.375. The van der Waals surface area contributed by atoms with Crippen LogP contribution in [0.1, 0.15) is 47.8 Å². The molecule has 3 rings (SSSR count). The van der Waals surface area contributed by atoms with Gasteiger partial charge in [-0.05, 0) is 37.1 Å². The zero-order valence-electron chi connectivity index (χ0n) is 18.3. The lowest BCUT2D eigenvalue weighted by Gasteiger charge is -2.14. The first-order valence-electron chi connectivity index (χ1n) is 10.1. The van der Waals surface area contributed by atoms with Gasteiger partial charge in [-0.1, -0.05) is 19.8 Å². The highest BCUT2D eigenvalue weighted by Gasteiger charge is 2.23. The van der Waals surface area contributed by atoms with E-state index < -0.39 is 0 Å². The molecule has 0 aliphatic heterocycles. The summed E-state index contributed by atoms with van der Waals surface area (Å²) in [6.07, 6.45) is 4.03. The minimum atomic E-state index is -0.0860. The first-order chi connectivity index (χ1) is 14.6. The van der Waals surface area contributed by atoms with E-state index in [1.165, 1.54) is 0 Å². The van der Waals surface area contributed by atoms with Gasteiger partial charge in [0.15, 0.2) is 17.3 Å². The van der Waals surface area contributed by atoms with E-state index in [1.54, 1.807) is 40.6 Å². The normalized spacial score (nSPS) is 10.8. The van der Waals surface area contributed by atoms with Crippen molar-refractivity contribution in [2.45, 2.75) is 32.6 Å². The quantitative estimate of drug-likeness (QED) is 0.368. The van der Waals surface area contributed by atoms with Gasteiger partial charge in [0.2, 0.25) is 5.75 Å². The number of carbonyl (C=O) groups excluding carboxylic acids is 1. The molecule has 0 saturated carbocycles. The van der Waals surface area contributed by atoms with Crippen LogP contribution in [0.2, 0.25) is 0 Å². The third-order valence-electron chi connectivity index (χ3n) is 5.27. The summed E-state index contributed by atoms with van der Waals surface area (Å²) in [5.41, 5.74) is 2.98. The van der Waals surface area contributed by atoms with Crippen molar-refractivity contribution in [1.29, 1.82) is 0 Å². The fourth-order valence-corrected chi connectivity index (χ4v) is 3.71. The van der Waals surface area contributed by atoms with Crippen LogP contribution in [-0.2, 0) is 6.42 Å². The molecule has 1 heterocycles. The molecule has 2 aromatic carbocycles. The van der Waals surface area contributed by atoms with Gasteiger partial charge in [0.05, 0.1) is 39.5 Å². The van der Waals surface area contributed by atoms with E-state index in [0.717, 1.165) is 48.0 Å². The van der Waals surface area contributed by atoms with Gasteiger partial charge in [-0.25, -0.2) is 0 Å². The fourth-order valence-electron chi connectivity index (χ4n) is 3.71. The summed E-state index contributed by atoms with van der Waals surface area (Å²) in [5.74, 6) is 2.03. The maximum absolute atomic E-state index is 13.7. The highest BCUT2D eigenvalue weighted by atomic mass is 16.5. The first kappa shape index (κ1) is 21.6. The van der Waals surface area contributed by atoms with Crippen molar-refractivity contribution >= 4 is 16.7 Å². The number of ether oxygens (including phenoxy) is 4. The van der Waals surface area contributed by atoms with Crippen LogP contribution in [0, 0.1) is 0 Å². The van der Waals surface area contributed by atoms with Crippen molar-refractivity contribution in [3.63, 3.8) is 0 Å². The maximum Gasteiger partial charge on any atom is 0.203 e. The Balaban J connectivity index is 2.14. The monoisotopic (exact) mass is 411 g/mol. The van der Waals surface area contributed by atoms with Gasteiger partial charge >= 0.3 is 0 Å². The molecule has 0 radical (unpaired) electrons. The number of hydrogen-bond acceptors (Lipinski definition) is 5. The predicted molar refractivity (Wildman–Crippen MR) is 118 cm³/mol. The molecule has 1 N–H and O–H groups in total. The van der Waals surface area contributed by atoms with Crippen molar-refractivity contribution in [1.82, 2.24) is 4.98 Å². The lowest BCUT2D eigenvalue weighted by Crippen LogP contribution is -2.06. The predicted octanol–water partition coefficient (Wildman–Crippen LogP) is 5.17. The second kappa shape index (κ2) is 9.57. The summed E-state index contributed by atoms with van der Waals surface area (Å²) in [5, 5.41) is 0.876. The number of benzene rings is 2. The highest BCUT2D eigenvalue weighted by Crippen LogP contribution is 2.39. The molecule has 30 heavy (non-hydrogen) atoms. The summed E-state index contributed by atoms with van der Waals surface area (Å²) in [6, 6.07) is 9.12. The summed E-state index contributed by atoms with van der Waals surface area (Å²) >= 11 is 0. The standard InChI is InChI=1S/C24H29NO5/c1-6-7-8-9-18-22(17-11-10-16(27-2)14-19(17)25-18)23(26)15-12-20(28-3)24(30-5)21(13-15)29-4/h10-14,25H,6-9H2,1-5H3. The zero-order valence-corrected chi connectivity index (χ0v) is 18.3. The molecule has 0 fully saturated rings. The molecular weight excluding hydrogens is 382 g/mol. The van der Waals surface area contributed by atoms with Gasteiger partial charge in [-0.15, -0.1) is 0 Å². The molecule has 0 aliphatic rings. The zero-order chi connectivity index (χ0) is 21.7. The highest BCUT2D eigenvalue weighted by molar-refractivity contribution is 6.18. The Morgan fingerprint density at radius 3 is 2.17 bits per heavy atom. The van der Waals surface area contributed by atoms with Crippen LogP contribution in [0.15, 0.2) is 30.3 Å². The molecular formula is C24H29NO5. The van der Waals surface area contributed by atoms with Crippen molar-refractivity contribution in [2.24, 2.45) is 0 Å². The van der Waals surface area contributed by atoms with E-state index in [-0.39, 0.29) is 5.78 Å². The summed E-state index contributed by atoms with van der Waals surface area (Å²) in [4.78, 5) is 17.1. The van der Waals surface area contributed by atoms with Gasteiger partial charge in [0, 0.05) is 22.7 Å². The number of ketones is 1. The molecule has 0 atom stereocenters. The van der Waals surface area contributed by atoms with Crippen molar-refractivity contribution in [3.05, 3.63) is 47.2 Å². The molecule has 6 nitrogen and oxygen atoms in total. The topological polar surface area (TPSA) is 69.8 Å². The molecule has 3 aromatic rings. The minimum absolute atomic E-state index is 0.0860. The number of rotatable bonds is 10. The number of carbonyl (C=O) groups is 1. The molecule has 0 aliphatic carbocycles.